The standard InChI is InChI=1S/C13H21N3O4/c1-9(2)11-7-10(14-15(11)3)13(19)16(5-6-20-4)8-12(17)18/h7,9H,5-6,8H2,1-4H3,(H,17,18). The normalized spacial score (nSPS) is 10.8. The summed E-state index contributed by atoms with van der Waals surface area (Å²) in [5.41, 5.74) is 1.18. The van der Waals surface area contributed by atoms with Gasteiger partial charge in [-0.05, 0) is 12.0 Å². The van der Waals surface area contributed by atoms with Gasteiger partial charge < -0.3 is 14.7 Å². The number of aryl methyl sites for hydroxylation is 1. The monoisotopic (exact) mass is 283 g/mol. The molecule has 0 spiro atoms. The van der Waals surface area contributed by atoms with E-state index < -0.39 is 11.9 Å². The van der Waals surface area contributed by atoms with Gasteiger partial charge >= 0.3 is 5.97 Å². The summed E-state index contributed by atoms with van der Waals surface area (Å²) in [4.78, 5) is 24.4. The predicted molar refractivity (Wildman–Crippen MR) is 72.7 cm³/mol. The zero-order valence-corrected chi connectivity index (χ0v) is 12.3. The zero-order chi connectivity index (χ0) is 15.3. The van der Waals surface area contributed by atoms with Gasteiger partial charge in [-0.1, -0.05) is 13.8 Å². The number of carbonyl (C=O) groups is 2. The van der Waals surface area contributed by atoms with Crippen LogP contribution in [-0.2, 0) is 16.6 Å². The molecule has 0 saturated heterocycles. The Morgan fingerprint density at radius 1 is 1.50 bits per heavy atom. The molecule has 1 N–H and O–H groups in total. The van der Waals surface area contributed by atoms with E-state index in [2.05, 4.69) is 5.10 Å². The van der Waals surface area contributed by atoms with Gasteiger partial charge in [-0.3, -0.25) is 14.3 Å². The third-order valence-corrected chi connectivity index (χ3v) is 2.91. The average molecular weight is 283 g/mol. The summed E-state index contributed by atoms with van der Waals surface area (Å²) < 4.78 is 6.54. The summed E-state index contributed by atoms with van der Waals surface area (Å²) in [7, 11) is 3.27. The van der Waals surface area contributed by atoms with E-state index in [1.54, 1.807) is 17.8 Å². The van der Waals surface area contributed by atoms with Gasteiger partial charge in [-0.25, -0.2) is 0 Å². The van der Waals surface area contributed by atoms with E-state index in [0.29, 0.717) is 0 Å². The van der Waals surface area contributed by atoms with E-state index >= 15 is 0 Å². The molecule has 0 bridgehead atoms. The van der Waals surface area contributed by atoms with Crippen LogP contribution in [0.3, 0.4) is 0 Å². The summed E-state index contributed by atoms with van der Waals surface area (Å²) in [6.45, 7) is 4.14. The first-order chi connectivity index (χ1) is 9.36. The first-order valence-corrected chi connectivity index (χ1v) is 6.40. The second kappa shape index (κ2) is 7.04. The van der Waals surface area contributed by atoms with Crippen LogP contribution in [-0.4, -0.2) is 58.5 Å². The maximum Gasteiger partial charge on any atom is 0.323 e. The van der Waals surface area contributed by atoms with Gasteiger partial charge in [0.2, 0.25) is 0 Å². The maximum absolute atomic E-state index is 12.3. The highest BCUT2D eigenvalue weighted by Gasteiger charge is 2.22. The molecule has 1 rings (SSSR count). The van der Waals surface area contributed by atoms with Crippen LogP contribution in [0.15, 0.2) is 6.07 Å². The van der Waals surface area contributed by atoms with Crippen LogP contribution in [0.4, 0.5) is 0 Å². The molecule has 0 aliphatic rings. The highest BCUT2D eigenvalue weighted by Crippen LogP contribution is 2.15. The van der Waals surface area contributed by atoms with E-state index in [-0.39, 0.29) is 31.3 Å². The summed E-state index contributed by atoms with van der Waals surface area (Å²) in [5, 5.41) is 13.0. The molecule has 0 saturated carbocycles. The first kappa shape index (κ1) is 16.2. The lowest BCUT2D eigenvalue weighted by Gasteiger charge is -2.18. The summed E-state index contributed by atoms with van der Waals surface area (Å²) in [5.74, 6) is -1.22. The molecule has 0 unspecified atom stereocenters. The van der Waals surface area contributed by atoms with Crippen molar-refractivity contribution in [2.75, 3.05) is 26.8 Å². The Labute approximate surface area is 118 Å². The number of carbonyl (C=O) groups excluding carboxylic acids is 1. The molecule has 0 radical (unpaired) electrons. The van der Waals surface area contributed by atoms with E-state index in [9.17, 15) is 9.59 Å². The molecule has 1 aromatic heterocycles. The number of nitrogens with zero attached hydrogens (tertiary/aromatic N) is 3. The lowest BCUT2D eigenvalue weighted by Crippen LogP contribution is -2.38. The quantitative estimate of drug-likeness (QED) is 0.797. The molecule has 0 fully saturated rings. The number of methoxy groups -OCH3 is 1. The van der Waals surface area contributed by atoms with Crippen molar-refractivity contribution >= 4 is 11.9 Å². The number of carboxylic acid groups (broad SMARTS) is 1. The van der Waals surface area contributed by atoms with Crippen molar-refractivity contribution in [3.63, 3.8) is 0 Å². The summed E-state index contributed by atoms with van der Waals surface area (Å²) >= 11 is 0. The average Bonchev–Trinajstić information content (AvgIpc) is 2.75. The molecule has 0 aliphatic heterocycles. The van der Waals surface area contributed by atoms with Crippen molar-refractivity contribution in [3.05, 3.63) is 17.5 Å². The van der Waals surface area contributed by atoms with Gasteiger partial charge in [-0.15, -0.1) is 0 Å². The molecule has 1 amide bonds. The van der Waals surface area contributed by atoms with Gasteiger partial charge in [0.15, 0.2) is 5.69 Å². The second-order valence-corrected chi connectivity index (χ2v) is 4.85. The molecule has 112 valence electrons. The van der Waals surface area contributed by atoms with Crippen LogP contribution in [0, 0.1) is 0 Å². The van der Waals surface area contributed by atoms with Gasteiger partial charge in [-0.2, -0.15) is 5.10 Å². The van der Waals surface area contributed by atoms with Gasteiger partial charge in [0, 0.05) is 26.4 Å². The molecule has 7 heteroatoms. The van der Waals surface area contributed by atoms with Crippen LogP contribution in [0.25, 0.3) is 0 Å². The molecule has 1 aromatic rings. The van der Waals surface area contributed by atoms with Crippen LogP contribution < -0.4 is 0 Å². The summed E-state index contributed by atoms with van der Waals surface area (Å²) in [6.07, 6.45) is 0. The van der Waals surface area contributed by atoms with Gasteiger partial charge in [0.05, 0.1) is 6.61 Å². The lowest BCUT2D eigenvalue weighted by atomic mass is 10.1. The molecular weight excluding hydrogens is 262 g/mol. The van der Waals surface area contributed by atoms with Crippen molar-refractivity contribution in [2.24, 2.45) is 7.05 Å². The van der Waals surface area contributed by atoms with Gasteiger partial charge in [0.25, 0.3) is 5.91 Å². The van der Waals surface area contributed by atoms with Crippen molar-refractivity contribution in [2.45, 2.75) is 19.8 Å². The van der Waals surface area contributed by atoms with Crippen LogP contribution in [0.5, 0.6) is 0 Å². The van der Waals surface area contributed by atoms with Crippen molar-refractivity contribution in [1.29, 1.82) is 0 Å². The molecule has 20 heavy (non-hydrogen) atoms. The SMILES string of the molecule is COCCN(CC(=O)O)C(=O)c1cc(C(C)C)n(C)n1. The molecule has 0 atom stereocenters. The number of amides is 1. The first-order valence-electron chi connectivity index (χ1n) is 6.40. The second-order valence-electron chi connectivity index (χ2n) is 4.85. The molecular formula is C13H21N3O4. The van der Waals surface area contributed by atoms with Crippen molar-refractivity contribution in [1.82, 2.24) is 14.7 Å². The number of ether oxygens (including phenoxy) is 1. The minimum Gasteiger partial charge on any atom is -0.480 e. The van der Waals surface area contributed by atoms with Crippen molar-refractivity contribution < 1.29 is 19.4 Å². The lowest BCUT2D eigenvalue weighted by molar-refractivity contribution is -0.137. The minimum absolute atomic E-state index is 0.217. The highest BCUT2D eigenvalue weighted by molar-refractivity contribution is 5.94. The fourth-order valence-electron chi connectivity index (χ4n) is 1.91. The highest BCUT2D eigenvalue weighted by atomic mass is 16.5. The van der Waals surface area contributed by atoms with Crippen molar-refractivity contribution in [3.8, 4) is 0 Å². The number of hydrogen-bond donors (Lipinski definition) is 1. The minimum atomic E-state index is -1.06. The van der Waals surface area contributed by atoms with Gasteiger partial charge in [0.1, 0.15) is 6.54 Å². The largest absolute Gasteiger partial charge is 0.480 e. The Hall–Kier alpha value is -1.89. The Morgan fingerprint density at radius 2 is 2.15 bits per heavy atom. The number of aliphatic carboxylic acids is 1. The fraction of sp³-hybridized carbons (Fsp3) is 0.615. The third-order valence-electron chi connectivity index (χ3n) is 2.91. The molecule has 7 nitrogen and oxygen atoms in total. The molecule has 1 heterocycles. The number of aromatic nitrogens is 2. The predicted octanol–water partition coefficient (Wildman–Crippen LogP) is 0.717. The van der Waals surface area contributed by atoms with Crippen LogP contribution >= 0.6 is 0 Å². The summed E-state index contributed by atoms with van der Waals surface area (Å²) in [6, 6.07) is 1.70. The zero-order valence-electron chi connectivity index (χ0n) is 12.3. The maximum atomic E-state index is 12.3. The fourth-order valence-corrected chi connectivity index (χ4v) is 1.91. The van der Waals surface area contributed by atoms with E-state index in [0.717, 1.165) is 5.69 Å². The van der Waals surface area contributed by atoms with Crippen LogP contribution in [0.1, 0.15) is 35.9 Å². The molecule has 0 aromatic carbocycles. The Bertz CT molecular complexity index is 482. The molecule has 0 aliphatic carbocycles. The number of carboxylic acids is 1. The Kier molecular flexibility index (Phi) is 5.69. The third kappa shape index (κ3) is 4.06. The van der Waals surface area contributed by atoms with E-state index in [4.69, 9.17) is 9.84 Å². The van der Waals surface area contributed by atoms with E-state index in [1.165, 1.54) is 12.0 Å². The Morgan fingerprint density at radius 3 is 2.60 bits per heavy atom. The van der Waals surface area contributed by atoms with E-state index in [1.807, 2.05) is 13.8 Å². The Balaban J connectivity index is 2.93. The number of rotatable bonds is 7. The topological polar surface area (TPSA) is 84.7 Å². The number of hydrogen-bond acceptors (Lipinski definition) is 4. The smallest absolute Gasteiger partial charge is 0.323 e. The van der Waals surface area contributed by atoms with Crippen LogP contribution in [0.2, 0.25) is 0 Å².